The SMILES string of the molecule is COC(=O)[C@]1(N=[N+]=[N-])[C@@H]2OC(C)(C)O[C@@H]2O[C@@H]1CO[Si](c1ccccc1)(c1ccccc1)C(C)(C)C. The van der Waals surface area contributed by atoms with Crippen molar-refractivity contribution in [2.24, 2.45) is 5.11 Å². The van der Waals surface area contributed by atoms with Gasteiger partial charge in [-0.15, -0.1) is 0 Å². The molecule has 0 amide bonds. The summed E-state index contributed by atoms with van der Waals surface area (Å²) in [5.41, 5.74) is 7.67. The molecule has 2 aliphatic heterocycles. The van der Waals surface area contributed by atoms with Gasteiger partial charge in [-0.25, -0.2) is 0 Å². The Morgan fingerprint density at radius 3 is 2.08 bits per heavy atom. The van der Waals surface area contributed by atoms with E-state index in [1.807, 2.05) is 36.4 Å². The Kier molecular flexibility index (Phi) is 7.04. The van der Waals surface area contributed by atoms with Crippen molar-refractivity contribution >= 4 is 24.7 Å². The number of hydrogen-bond donors (Lipinski definition) is 0. The number of carbonyl (C=O) groups excluding carboxylic acids is 1. The number of ether oxygens (including phenoxy) is 4. The van der Waals surface area contributed by atoms with Gasteiger partial charge in [0.1, 0.15) is 12.2 Å². The van der Waals surface area contributed by atoms with Crippen molar-refractivity contribution in [1.82, 2.24) is 0 Å². The molecule has 0 aliphatic carbocycles. The Bertz CT molecular complexity index is 1090. The van der Waals surface area contributed by atoms with Crippen LogP contribution in [-0.2, 0) is 28.2 Å². The molecule has 2 heterocycles. The third kappa shape index (κ3) is 4.24. The highest BCUT2D eigenvalue weighted by Gasteiger charge is 2.68. The van der Waals surface area contributed by atoms with Gasteiger partial charge in [0.05, 0.1) is 13.7 Å². The van der Waals surface area contributed by atoms with E-state index in [0.29, 0.717) is 0 Å². The largest absolute Gasteiger partial charge is 0.468 e. The summed E-state index contributed by atoms with van der Waals surface area (Å²) in [6, 6.07) is 20.2. The van der Waals surface area contributed by atoms with Crippen molar-refractivity contribution in [3.8, 4) is 0 Å². The predicted molar refractivity (Wildman–Crippen MR) is 136 cm³/mol. The Balaban J connectivity index is 1.80. The van der Waals surface area contributed by atoms with Crippen molar-refractivity contribution in [1.29, 1.82) is 0 Å². The average Bonchev–Trinajstić information content (AvgIpc) is 3.30. The quantitative estimate of drug-likeness (QED) is 0.184. The van der Waals surface area contributed by atoms with Crippen LogP contribution in [0.3, 0.4) is 0 Å². The fourth-order valence-electron chi connectivity index (χ4n) is 5.35. The Labute approximate surface area is 212 Å². The highest BCUT2D eigenvalue weighted by atomic mass is 28.4. The number of rotatable bonds is 7. The zero-order valence-electron chi connectivity index (χ0n) is 21.5. The summed E-state index contributed by atoms with van der Waals surface area (Å²) in [7, 11) is -1.72. The number of fused-ring (bicyclic) bond motifs is 1. The minimum atomic E-state index is -2.96. The smallest absolute Gasteiger partial charge is 0.323 e. The lowest BCUT2D eigenvalue weighted by atomic mass is 9.89. The second-order valence-corrected chi connectivity index (χ2v) is 14.8. The van der Waals surface area contributed by atoms with Gasteiger partial charge in [-0.1, -0.05) is 86.5 Å². The maximum Gasteiger partial charge on any atom is 0.323 e. The third-order valence-corrected chi connectivity index (χ3v) is 11.9. The second kappa shape index (κ2) is 9.62. The highest BCUT2D eigenvalue weighted by molar-refractivity contribution is 6.99. The molecule has 9 nitrogen and oxygen atoms in total. The summed E-state index contributed by atoms with van der Waals surface area (Å²) in [4.78, 5) is 16.2. The van der Waals surface area contributed by atoms with E-state index in [1.54, 1.807) is 13.8 Å². The van der Waals surface area contributed by atoms with E-state index in [-0.39, 0.29) is 11.6 Å². The summed E-state index contributed by atoms with van der Waals surface area (Å²) < 4.78 is 30.1. The molecule has 10 heteroatoms. The number of azide groups is 1. The molecule has 2 aromatic carbocycles. The summed E-state index contributed by atoms with van der Waals surface area (Å²) in [5, 5.41) is 5.78. The molecule has 2 fully saturated rings. The van der Waals surface area contributed by atoms with Gasteiger partial charge >= 0.3 is 5.97 Å². The van der Waals surface area contributed by atoms with Crippen LogP contribution in [0.2, 0.25) is 5.04 Å². The molecule has 2 saturated heterocycles. The molecule has 0 saturated carbocycles. The van der Waals surface area contributed by atoms with Gasteiger partial charge in [0, 0.05) is 4.91 Å². The van der Waals surface area contributed by atoms with Crippen molar-refractivity contribution in [3.05, 3.63) is 71.1 Å². The van der Waals surface area contributed by atoms with Crippen molar-refractivity contribution in [2.75, 3.05) is 13.7 Å². The molecular formula is C26H33N3O6Si. The molecule has 4 atom stereocenters. The fourth-order valence-corrected chi connectivity index (χ4v) is 9.91. The number of nitrogens with zero attached hydrogens (tertiary/aromatic N) is 3. The monoisotopic (exact) mass is 511 g/mol. The maximum atomic E-state index is 13.2. The topological polar surface area (TPSA) is 112 Å². The van der Waals surface area contributed by atoms with Crippen LogP contribution < -0.4 is 10.4 Å². The summed E-state index contributed by atoms with van der Waals surface area (Å²) >= 11 is 0. The molecule has 0 aromatic heterocycles. The van der Waals surface area contributed by atoms with E-state index in [0.717, 1.165) is 10.4 Å². The standard InChI is InChI=1S/C26H33N3O6Si/c1-24(2,3)36(18-13-9-7-10-14-18,19-15-11-8-12-16-19)32-17-20-26(28-29-27,23(30)31-6)21-22(33-20)35-25(4,5)34-21/h7-16,20-22H,17H2,1-6H3/t20-,21-,22+,26-/m1/s1. The number of benzene rings is 2. The molecule has 0 N–H and O–H groups in total. The molecule has 0 radical (unpaired) electrons. The number of hydrogen-bond acceptors (Lipinski definition) is 7. The Morgan fingerprint density at radius 2 is 1.61 bits per heavy atom. The van der Waals surface area contributed by atoms with Crippen LogP contribution in [0.1, 0.15) is 34.6 Å². The predicted octanol–water partition coefficient (Wildman–Crippen LogP) is 3.66. The molecular weight excluding hydrogens is 478 g/mol. The van der Waals surface area contributed by atoms with E-state index in [9.17, 15) is 10.3 Å². The molecule has 4 rings (SSSR count). The van der Waals surface area contributed by atoms with E-state index >= 15 is 0 Å². The zero-order valence-corrected chi connectivity index (χ0v) is 22.5. The number of methoxy groups -OCH3 is 1. The first-order chi connectivity index (χ1) is 17.0. The first-order valence-electron chi connectivity index (χ1n) is 11.9. The van der Waals surface area contributed by atoms with Crippen LogP contribution in [0.5, 0.6) is 0 Å². The Morgan fingerprint density at radius 1 is 1.06 bits per heavy atom. The van der Waals surface area contributed by atoms with E-state index in [4.69, 9.17) is 23.4 Å². The highest BCUT2D eigenvalue weighted by Crippen LogP contribution is 2.47. The van der Waals surface area contributed by atoms with Crippen LogP contribution in [0.15, 0.2) is 65.8 Å². The van der Waals surface area contributed by atoms with Gasteiger partial charge < -0.3 is 23.4 Å². The molecule has 0 unspecified atom stereocenters. The summed E-state index contributed by atoms with van der Waals surface area (Å²) in [6.07, 6.45) is -2.89. The molecule has 2 aromatic rings. The zero-order chi connectivity index (χ0) is 26.2. The lowest BCUT2D eigenvalue weighted by Gasteiger charge is -2.44. The van der Waals surface area contributed by atoms with Gasteiger partial charge in [-0.3, -0.25) is 4.79 Å². The van der Waals surface area contributed by atoms with Crippen LogP contribution in [-0.4, -0.2) is 57.8 Å². The van der Waals surface area contributed by atoms with Crippen molar-refractivity contribution < 1.29 is 28.2 Å². The van der Waals surface area contributed by atoms with Gasteiger partial charge in [0.2, 0.25) is 5.54 Å². The van der Waals surface area contributed by atoms with E-state index < -0.39 is 44.1 Å². The minimum absolute atomic E-state index is 0.0401. The van der Waals surface area contributed by atoms with Gasteiger partial charge in [0.15, 0.2) is 12.1 Å². The van der Waals surface area contributed by atoms with Crippen molar-refractivity contribution in [3.63, 3.8) is 0 Å². The van der Waals surface area contributed by atoms with Crippen LogP contribution in [0.25, 0.3) is 10.4 Å². The van der Waals surface area contributed by atoms with Gasteiger partial charge in [-0.05, 0) is 34.8 Å². The second-order valence-electron chi connectivity index (χ2n) is 10.5. The summed E-state index contributed by atoms with van der Waals surface area (Å²) in [5.74, 6) is -1.78. The fraction of sp³-hybridized carbons (Fsp3) is 0.500. The summed E-state index contributed by atoms with van der Waals surface area (Å²) in [6.45, 7) is 9.83. The van der Waals surface area contributed by atoms with E-state index in [1.165, 1.54) is 7.11 Å². The van der Waals surface area contributed by atoms with Gasteiger partial charge in [0.25, 0.3) is 8.32 Å². The molecule has 192 valence electrons. The lowest BCUT2D eigenvalue weighted by molar-refractivity contribution is -0.216. The molecule has 0 bridgehead atoms. The number of esters is 1. The third-order valence-electron chi connectivity index (χ3n) is 6.87. The first kappa shape index (κ1) is 26.3. The van der Waals surface area contributed by atoms with Gasteiger partial charge in [-0.2, -0.15) is 0 Å². The Hall–Kier alpha value is -2.72. The van der Waals surface area contributed by atoms with Crippen LogP contribution in [0, 0.1) is 0 Å². The maximum absolute atomic E-state index is 13.2. The van der Waals surface area contributed by atoms with Crippen molar-refractivity contribution in [2.45, 2.75) is 69.5 Å². The van der Waals surface area contributed by atoms with Crippen LogP contribution in [0.4, 0.5) is 0 Å². The molecule has 2 aliphatic rings. The normalized spacial score (nSPS) is 27.2. The number of carbonyl (C=O) groups is 1. The minimum Gasteiger partial charge on any atom is -0.468 e. The van der Waals surface area contributed by atoms with E-state index in [2.05, 4.69) is 55.1 Å². The average molecular weight is 512 g/mol. The molecule has 36 heavy (non-hydrogen) atoms. The van der Waals surface area contributed by atoms with Crippen LogP contribution >= 0.6 is 0 Å². The first-order valence-corrected chi connectivity index (χ1v) is 13.8. The molecule has 0 spiro atoms. The lowest BCUT2D eigenvalue weighted by Crippen LogP contribution is -2.68.